The third kappa shape index (κ3) is 3.54. The fourth-order valence-electron chi connectivity index (χ4n) is 1.03. The minimum absolute atomic E-state index is 0.199. The topological polar surface area (TPSA) is 64.3 Å². The first kappa shape index (κ1) is 10.8. The van der Waals surface area contributed by atoms with Gasteiger partial charge in [0, 0.05) is 5.75 Å². The van der Waals surface area contributed by atoms with Crippen LogP contribution in [-0.2, 0) is 9.53 Å². The van der Waals surface area contributed by atoms with Crippen molar-refractivity contribution in [3.63, 3.8) is 0 Å². The molecule has 1 unspecified atom stereocenters. The zero-order chi connectivity index (χ0) is 9.68. The maximum absolute atomic E-state index is 10.9. The largest absolute Gasteiger partial charge is 0.379 e. The molecule has 0 saturated carbocycles. The molecule has 13 heavy (non-hydrogen) atoms. The smallest absolute Gasteiger partial charge is 0.235 e. The van der Waals surface area contributed by atoms with E-state index in [4.69, 9.17) is 10.5 Å². The SMILES string of the molecule is CCNC(CSC1COC1)C(N)=O. The minimum Gasteiger partial charge on any atom is -0.379 e. The summed E-state index contributed by atoms with van der Waals surface area (Å²) in [5, 5.41) is 3.61. The van der Waals surface area contributed by atoms with Gasteiger partial charge < -0.3 is 15.8 Å². The van der Waals surface area contributed by atoms with Crippen LogP contribution >= 0.6 is 11.8 Å². The van der Waals surface area contributed by atoms with Gasteiger partial charge in [-0.2, -0.15) is 11.8 Å². The first-order valence-corrected chi connectivity index (χ1v) is 5.51. The van der Waals surface area contributed by atoms with E-state index in [9.17, 15) is 4.79 Å². The highest BCUT2D eigenvalue weighted by Gasteiger charge is 2.22. The molecule has 1 atom stereocenters. The van der Waals surface area contributed by atoms with Crippen molar-refractivity contribution < 1.29 is 9.53 Å². The summed E-state index contributed by atoms with van der Waals surface area (Å²) < 4.78 is 5.03. The Morgan fingerprint density at radius 3 is 2.85 bits per heavy atom. The van der Waals surface area contributed by atoms with Crippen LogP contribution in [0.5, 0.6) is 0 Å². The summed E-state index contributed by atoms with van der Waals surface area (Å²) in [6.45, 7) is 4.35. The second-order valence-electron chi connectivity index (χ2n) is 3.01. The van der Waals surface area contributed by atoms with Gasteiger partial charge in [0.25, 0.3) is 0 Å². The molecule has 1 rings (SSSR count). The molecule has 0 aromatic heterocycles. The van der Waals surface area contributed by atoms with E-state index in [1.165, 1.54) is 0 Å². The Morgan fingerprint density at radius 2 is 2.46 bits per heavy atom. The molecule has 1 amide bonds. The molecule has 0 aromatic rings. The second kappa shape index (κ2) is 5.47. The van der Waals surface area contributed by atoms with Crippen LogP contribution in [0.15, 0.2) is 0 Å². The summed E-state index contributed by atoms with van der Waals surface area (Å²) in [6.07, 6.45) is 0. The average molecular weight is 204 g/mol. The molecule has 1 aliphatic heterocycles. The van der Waals surface area contributed by atoms with Gasteiger partial charge in [0.15, 0.2) is 0 Å². The highest BCUT2D eigenvalue weighted by atomic mass is 32.2. The number of hydrogen-bond donors (Lipinski definition) is 2. The van der Waals surface area contributed by atoms with Gasteiger partial charge >= 0.3 is 0 Å². The fraction of sp³-hybridized carbons (Fsp3) is 0.875. The Hall–Kier alpha value is -0.260. The van der Waals surface area contributed by atoms with E-state index < -0.39 is 0 Å². The third-order valence-electron chi connectivity index (χ3n) is 1.90. The van der Waals surface area contributed by atoms with Gasteiger partial charge in [-0.05, 0) is 6.54 Å². The quantitative estimate of drug-likeness (QED) is 0.617. The number of likely N-dealkylation sites (N-methyl/N-ethyl adjacent to an activating group) is 1. The lowest BCUT2D eigenvalue weighted by atomic mass is 10.3. The standard InChI is InChI=1S/C8H16N2O2S/c1-2-10-7(8(9)11)5-13-6-3-12-4-6/h6-7,10H,2-5H2,1H3,(H2,9,11). The molecule has 4 nitrogen and oxygen atoms in total. The number of carbonyl (C=O) groups is 1. The number of rotatable bonds is 6. The van der Waals surface area contributed by atoms with Crippen molar-refractivity contribution >= 4 is 17.7 Å². The van der Waals surface area contributed by atoms with Crippen LogP contribution in [0.1, 0.15) is 6.92 Å². The normalized spacial score (nSPS) is 19.5. The van der Waals surface area contributed by atoms with Gasteiger partial charge in [-0.1, -0.05) is 6.92 Å². The molecule has 1 saturated heterocycles. The lowest BCUT2D eigenvalue weighted by molar-refractivity contribution is -0.119. The molecule has 5 heteroatoms. The first-order chi connectivity index (χ1) is 6.24. The van der Waals surface area contributed by atoms with Crippen molar-refractivity contribution in [2.45, 2.75) is 18.2 Å². The predicted octanol–water partition coefficient (Wildman–Crippen LogP) is -0.418. The molecule has 3 N–H and O–H groups in total. The van der Waals surface area contributed by atoms with Crippen LogP contribution in [0.4, 0.5) is 0 Å². The molecule has 0 aromatic carbocycles. The van der Waals surface area contributed by atoms with Crippen LogP contribution in [0.2, 0.25) is 0 Å². The van der Waals surface area contributed by atoms with Crippen molar-refractivity contribution in [1.82, 2.24) is 5.32 Å². The van der Waals surface area contributed by atoms with Crippen molar-refractivity contribution in [2.75, 3.05) is 25.5 Å². The van der Waals surface area contributed by atoms with Crippen LogP contribution in [0, 0.1) is 0 Å². The maximum Gasteiger partial charge on any atom is 0.235 e. The van der Waals surface area contributed by atoms with E-state index in [0.717, 1.165) is 25.5 Å². The Morgan fingerprint density at radius 1 is 1.77 bits per heavy atom. The number of hydrogen-bond acceptors (Lipinski definition) is 4. The Balaban J connectivity index is 2.16. The maximum atomic E-state index is 10.9. The van der Waals surface area contributed by atoms with E-state index in [2.05, 4.69) is 5.32 Å². The van der Waals surface area contributed by atoms with Gasteiger partial charge in [0.2, 0.25) is 5.91 Å². The number of amides is 1. The first-order valence-electron chi connectivity index (χ1n) is 4.46. The lowest BCUT2D eigenvalue weighted by Crippen LogP contribution is -2.44. The molecule has 76 valence electrons. The lowest BCUT2D eigenvalue weighted by Gasteiger charge is -2.26. The Bertz CT molecular complexity index is 174. The molecular formula is C8H16N2O2S. The molecule has 0 bridgehead atoms. The van der Waals surface area contributed by atoms with Crippen molar-refractivity contribution in [3.05, 3.63) is 0 Å². The van der Waals surface area contributed by atoms with Gasteiger partial charge in [0.05, 0.1) is 24.5 Å². The minimum atomic E-state index is -0.269. The zero-order valence-electron chi connectivity index (χ0n) is 7.79. The summed E-state index contributed by atoms with van der Waals surface area (Å²) in [4.78, 5) is 10.9. The van der Waals surface area contributed by atoms with Crippen LogP contribution < -0.4 is 11.1 Å². The van der Waals surface area contributed by atoms with Crippen molar-refractivity contribution in [3.8, 4) is 0 Å². The van der Waals surface area contributed by atoms with Crippen LogP contribution in [-0.4, -0.2) is 42.7 Å². The number of thioether (sulfide) groups is 1. The Kier molecular flexibility index (Phi) is 4.55. The van der Waals surface area contributed by atoms with E-state index in [0.29, 0.717) is 5.25 Å². The molecule has 1 fully saturated rings. The summed E-state index contributed by atoms with van der Waals surface area (Å²) in [7, 11) is 0. The Labute approximate surface area is 82.6 Å². The highest BCUT2D eigenvalue weighted by molar-refractivity contribution is 8.00. The van der Waals surface area contributed by atoms with Gasteiger partial charge in [-0.3, -0.25) is 4.79 Å². The average Bonchev–Trinajstić information content (AvgIpc) is 1.99. The summed E-state index contributed by atoms with van der Waals surface area (Å²) in [5.41, 5.74) is 5.22. The van der Waals surface area contributed by atoms with E-state index in [1.807, 2.05) is 6.92 Å². The molecule has 1 aliphatic rings. The van der Waals surface area contributed by atoms with Crippen LogP contribution in [0.25, 0.3) is 0 Å². The summed E-state index contributed by atoms with van der Waals surface area (Å²) >= 11 is 1.75. The van der Waals surface area contributed by atoms with Gasteiger partial charge in [-0.25, -0.2) is 0 Å². The molecule has 1 heterocycles. The van der Waals surface area contributed by atoms with Crippen LogP contribution in [0.3, 0.4) is 0 Å². The van der Waals surface area contributed by atoms with Crippen molar-refractivity contribution in [1.29, 1.82) is 0 Å². The van der Waals surface area contributed by atoms with E-state index in [-0.39, 0.29) is 11.9 Å². The molecule has 0 spiro atoms. The molecule has 0 aliphatic carbocycles. The van der Waals surface area contributed by atoms with Crippen molar-refractivity contribution in [2.24, 2.45) is 5.73 Å². The highest BCUT2D eigenvalue weighted by Crippen LogP contribution is 2.19. The third-order valence-corrected chi connectivity index (χ3v) is 3.17. The van der Waals surface area contributed by atoms with E-state index in [1.54, 1.807) is 11.8 Å². The number of primary amides is 1. The molecular weight excluding hydrogens is 188 g/mol. The predicted molar refractivity (Wildman–Crippen MR) is 53.7 cm³/mol. The van der Waals surface area contributed by atoms with E-state index >= 15 is 0 Å². The van der Waals surface area contributed by atoms with Gasteiger partial charge in [-0.15, -0.1) is 0 Å². The molecule has 0 radical (unpaired) electrons. The number of nitrogens with two attached hydrogens (primary N) is 1. The second-order valence-corrected chi connectivity index (χ2v) is 4.34. The fourth-order valence-corrected chi connectivity index (χ4v) is 2.16. The number of ether oxygens (including phenoxy) is 1. The zero-order valence-corrected chi connectivity index (χ0v) is 8.60. The summed E-state index contributed by atoms with van der Waals surface area (Å²) in [5.74, 6) is 0.478. The monoisotopic (exact) mass is 204 g/mol. The number of carbonyl (C=O) groups excluding carboxylic acids is 1. The summed E-state index contributed by atoms with van der Waals surface area (Å²) in [6, 6.07) is -0.199. The number of nitrogens with one attached hydrogen (secondary N) is 1. The van der Waals surface area contributed by atoms with Gasteiger partial charge in [0.1, 0.15) is 0 Å².